The SMILES string of the molecule is NCCCc1cnn(C2CCOCC2)c1Br. The normalized spacial score (nSPS) is 17.9. The van der Waals surface area contributed by atoms with Crippen LogP contribution in [0, 0.1) is 0 Å². The molecule has 0 bridgehead atoms. The predicted molar refractivity (Wildman–Crippen MR) is 66.4 cm³/mol. The molecule has 0 spiro atoms. The number of halogens is 1. The zero-order chi connectivity index (χ0) is 11.4. The molecule has 0 amide bonds. The first-order chi connectivity index (χ1) is 7.83. The molecule has 2 rings (SSSR count). The van der Waals surface area contributed by atoms with Crippen LogP contribution in [0.5, 0.6) is 0 Å². The first kappa shape index (κ1) is 12.1. The Kier molecular flexibility index (Phi) is 4.37. The Bertz CT molecular complexity index is 334. The van der Waals surface area contributed by atoms with Crippen LogP contribution in [0.25, 0.3) is 0 Å². The highest BCUT2D eigenvalue weighted by molar-refractivity contribution is 9.10. The Morgan fingerprint density at radius 3 is 2.94 bits per heavy atom. The first-order valence-electron chi connectivity index (χ1n) is 5.82. The van der Waals surface area contributed by atoms with Crippen molar-refractivity contribution in [3.05, 3.63) is 16.4 Å². The van der Waals surface area contributed by atoms with Crippen LogP contribution < -0.4 is 5.73 Å². The Morgan fingerprint density at radius 1 is 1.50 bits per heavy atom. The molecule has 0 aliphatic carbocycles. The van der Waals surface area contributed by atoms with E-state index in [2.05, 4.69) is 25.7 Å². The van der Waals surface area contributed by atoms with Crippen LogP contribution in [0.2, 0.25) is 0 Å². The molecule has 0 radical (unpaired) electrons. The van der Waals surface area contributed by atoms with Gasteiger partial charge in [-0.25, -0.2) is 0 Å². The zero-order valence-electron chi connectivity index (χ0n) is 9.36. The molecule has 0 saturated carbocycles. The highest BCUT2D eigenvalue weighted by Gasteiger charge is 2.19. The highest BCUT2D eigenvalue weighted by atomic mass is 79.9. The molecule has 1 aromatic rings. The van der Waals surface area contributed by atoms with Gasteiger partial charge < -0.3 is 10.5 Å². The van der Waals surface area contributed by atoms with Gasteiger partial charge in [0.2, 0.25) is 0 Å². The summed E-state index contributed by atoms with van der Waals surface area (Å²) in [4.78, 5) is 0. The molecule has 1 aliphatic heterocycles. The number of aromatic nitrogens is 2. The Hall–Kier alpha value is -0.390. The third-order valence-electron chi connectivity index (χ3n) is 2.99. The number of rotatable bonds is 4. The molecule has 2 heterocycles. The van der Waals surface area contributed by atoms with Gasteiger partial charge in [0.15, 0.2) is 0 Å². The van der Waals surface area contributed by atoms with Gasteiger partial charge in [-0.05, 0) is 48.2 Å². The molecule has 16 heavy (non-hydrogen) atoms. The third-order valence-corrected chi connectivity index (χ3v) is 3.86. The molecule has 5 heteroatoms. The van der Waals surface area contributed by atoms with E-state index in [0.29, 0.717) is 6.04 Å². The molecule has 1 fully saturated rings. The van der Waals surface area contributed by atoms with Crippen LogP contribution in [0.15, 0.2) is 10.8 Å². The molecule has 1 saturated heterocycles. The van der Waals surface area contributed by atoms with E-state index in [9.17, 15) is 0 Å². The molecule has 0 atom stereocenters. The van der Waals surface area contributed by atoms with Crippen LogP contribution in [0.4, 0.5) is 0 Å². The number of nitrogens with two attached hydrogens (primary N) is 1. The van der Waals surface area contributed by atoms with E-state index < -0.39 is 0 Å². The fraction of sp³-hybridized carbons (Fsp3) is 0.727. The van der Waals surface area contributed by atoms with Crippen molar-refractivity contribution in [2.75, 3.05) is 19.8 Å². The summed E-state index contributed by atoms with van der Waals surface area (Å²) in [6, 6.07) is 0.481. The number of hydrogen-bond acceptors (Lipinski definition) is 3. The Labute approximate surface area is 104 Å². The van der Waals surface area contributed by atoms with Crippen LogP contribution >= 0.6 is 15.9 Å². The van der Waals surface area contributed by atoms with Gasteiger partial charge in [0, 0.05) is 18.8 Å². The molecule has 0 aromatic carbocycles. The predicted octanol–water partition coefficient (Wildman–Crippen LogP) is 1.89. The summed E-state index contributed by atoms with van der Waals surface area (Å²) in [6.07, 6.45) is 6.07. The van der Waals surface area contributed by atoms with E-state index in [4.69, 9.17) is 10.5 Å². The summed E-state index contributed by atoms with van der Waals surface area (Å²) in [7, 11) is 0. The van der Waals surface area contributed by atoms with Crippen molar-refractivity contribution in [3.63, 3.8) is 0 Å². The number of aryl methyl sites for hydroxylation is 1. The van der Waals surface area contributed by atoms with Gasteiger partial charge in [-0.15, -0.1) is 0 Å². The molecule has 4 nitrogen and oxygen atoms in total. The first-order valence-corrected chi connectivity index (χ1v) is 6.62. The maximum absolute atomic E-state index is 5.52. The summed E-state index contributed by atoms with van der Waals surface area (Å²) in [5.41, 5.74) is 6.78. The average Bonchev–Trinajstić information content (AvgIpc) is 2.69. The highest BCUT2D eigenvalue weighted by Crippen LogP contribution is 2.27. The molecule has 1 aromatic heterocycles. The van der Waals surface area contributed by atoms with Crippen molar-refractivity contribution in [2.45, 2.75) is 31.7 Å². The molecule has 0 unspecified atom stereocenters. The third kappa shape index (κ3) is 2.64. The van der Waals surface area contributed by atoms with E-state index in [0.717, 1.165) is 50.0 Å². The Balaban J connectivity index is 2.06. The minimum Gasteiger partial charge on any atom is -0.381 e. The number of nitrogens with zero attached hydrogens (tertiary/aromatic N) is 2. The van der Waals surface area contributed by atoms with Gasteiger partial charge in [0.25, 0.3) is 0 Å². The lowest BCUT2D eigenvalue weighted by Crippen LogP contribution is -2.20. The minimum absolute atomic E-state index is 0.481. The van der Waals surface area contributed by atoms with Crippen LogP contribution in [0.1, 0.15) is 30.9 Å². The summed E-state index contributed by atoms with van der Waals surface area (Å²) in [5, 5.41) is 4.47. The Morgan fingerprint density at radius 2 is 2.25 bits per heavy atom. The van der Waals surface area contributed by atoms with Gasteiger partial charge in [0.05, 0.1) is 12.2 Å². The quantitative estimate of drug-likeness (QED) is 0.920. The standard InChI is InChI=1S/C11H18BrN3O/c12-11-9(2-1-5-13)8-14-15(11)10-3-6-16-7-4-10/h8,10H,1-7,13H2. The fourth-order valence-electron chi connectivity index (χ4n) is 2.03. The maximum Gasteiger partial charge on any atom is 0.107 e. The second kappa shape index (κ2) is 5.80. The number of hydrogen-bond donors (Lipinski definition) is 1. The van der Waals surface area contributed by atoms with E-state index >= 15 is 0 Å². The van der Waals surface area contributed by atoms with Crippen molar-refractivity contribution in [2.24, 2.45) is 5.73 Å². The summed E-state index contributed by atoms with van der Waals surface area (Å²) < 4.78 is 8.57. The van der Waals surface area contributed by atoms with Crippen molar-refractivity contribution in [1.29, 1.82) is 0 Å². The smallest absolute Gasteiger partial charge is 0.107 e. The van der Waals surface area contributed by atoms with Crippen LogP contribution in [-0.2, 0) is 11.2 Å². The lowest BCUT2D eigenvalue weighted by molar-refractivity contribution is 0.0656. The fourth-order valence-corrected chi connectivity index (χ4v) is 2.71. The van der Waals surface area contributed by atoms with E-state index in [1.54, 1.807) is 0 Å². The van der Waals surface area contributed by atoms with Gasteiger partial charge >= 0.3 is 0 Å². The van der Waals surface area contributed by atoms with Crippen LogP contribution in [0.3, 0.4) is 0 Å². The van der Waals surface area contributed by atoms with Crippen LogP contribution in [-0.4, -0.2) is 29.5 Å². The zero-order valence-corrected chi connectivity index (χ0v) is 10.9. The van der Waals surface area contributed by atoms with Crippen molar-refractivity contribution in [1.82, 2.24) is 9.78 Å². The minimum atomic E-state index is 0.481. The van der Waals surface area contributed by atoms with Gasteiger partial charge in [-0.3, -0.25) is 4.68 Å². The summed E-state index contributed by atoms with van der Waals surface area (Å²) in [6.45, 7) is 2.42. The molecular weight excluding hydrogens is 270 g/mol. The summed E-state index contributed by atoms with van der Waals surface area (Å²) in [5.74, 6) is 0. The molecule has 1 aliphatic rings. The molecule has 90 valence electrons. The number of ether oxygens (including phenoxy) is 1. The van der Waals surface area contributed by atoms with E-state index in [1.165, 1.54) is 5.56 Å². The molecule has 2 N–H and O–H groups in total. The lowest BCUT2D eigenvalue weighted by Gasteiger charge is -2.23. The summed E-state index contributed by atoms with van der Waals surface area (Å²) >= 11 is 3.64. The van der Waals surface area contributed by atoms with Gasteiger partial charge in [-0.2, -0.15) is 5.10 Å². The average molecular weight is 288 g/mol. The monoisotopic (exact) mass is 287 g/mol. The maximum atomic E-state index is 5.52. The second-order valence-electron chi connectivity index (χ2n) is 4.14. The second-order valence-corrected chi connectivity index (χ2v) is 4.89. The van der Waals surface area contributed by atoms with Gasteiger partial charge in [-0.1, -0.05) is 0 Å². The van der Waals surface area contributed by atoms with Gasteiger partial charge in [0.1, 0.15) is 4.60 Å². The molecular formula is C11H18BrN3O. The largest absolute Gasteiger partial charge is 0.381 e. The van der Waals surface area contributed by atoms with Crippen molar-refractivity contribution in [3.8, 4) is 0 Å². The van der Waals surface area contributed by atoms with E-state index in [-0.39, 0.29) is 0 Å². The van der Waals surface area contributed by atoms with Crippen molar-refractivity contribution >= 4 is 15.9 Å². The topological polar surface area (TPSA) is 53.1 Å². The lowest BCUT2D eigenvalue weighted by atomic mass is 10.1. The van der Waals surface area contributed by atoms with Crippen molar-refractivity contribution < 1.29 is 4.74 Å². The van der Waals surface area contributed by atoms with E-state index in [1.807, 2.05) is 6.20 Å².